The summed E-state index contributed by atoms with van der Waals surface area (Å²) >= 11 is 0. The van der Waals surface area contributed by atoms with E-state index in [9.17, 15) is 5.11 Å². The number of hydrogen-bond donors (Lipinski definition) is 1. The Morgan fingerprint density at radius 2 is 2.00 bits per heavy atom. The van der Waals surface area contributed by atoms with Crippen molar-refractivity contribution in [3.63, 3.8) is 0 Å². The van der Waals surface area contributed by atoms with Crippen LogP contribution in [-0.2, 0) is 5.41 Å². The van der Waals surface area contributed by atoms with E-state index < -0.39 is 0 Å². The van der Waals surface area contributed by atoms with Gasteiger partial charge in [0.15, 0.2) is 0 Å². The molecule has 0 spiro atoms. The molecule has 0 radical (unpaired) electrons. The Morgan fingerprint density at radius 3 is 2.50 bits per heavy atom. The van der Waals surface area contributed by atoms with Gasteiger partial charge in [0, 0.05) is 5.41 Å². The highest BCUT2D eigenvalue weighted by Gasteiger charge is 2.44. The molecule has 2 rings (SSSR count). The first kappa shape index (κ1) is 11.4. The van der Waals surface area contributed by atoms with Crippen molar-refractivity contribution >= 4 is 0 Å². The standard InChI is InChI=1S/C15H20O/c1-2-3-10-14(16)15(11-7-12-15)13-8-5-4-6-9-13/h2,4-6,8-9,14,16H,1,3,7,10-12H2. The van der Waals surface area contributed by atoms with Crippen LogP contribution in [0.25, 0.3) is 0 Å². The Balaban J connectivity index is 2.16. The summed E-state index contributed by atoms with van der Waals surface area (Å²) in [5, 5.41) is 10.4. The third kappa shape index (κ3) is 1.92. The van der Waals surface area contributed by atoms with Gasteiger partial charge in [0.25, 0.3) is 0 Å². The van der Waals surface area contributed by atoms with E-state index in [4.69, 9.17) is 0 Å². The topological polar surface area (TPSA) is 20.2 Å². The summed E-state index contributed by atoms with van der Waals surface area (Å²) < 4.78 is 0. The lowest BCUT2D eigenvalue weighted by Gasteiger charge is -2.46. The average molecular weight is 216 g/mol. The number of hydrogen-bond acceptors (Lipinski definition) is 1. The fourth-order valence-electron chi connectivity index (χ4n) is 2.69. The molecular formula is C15H20O. The van der Waals surface area contributed by atoms with Gasteiger partial charge in [-0.25, -0.2) is 0 Å². The molecule has 1 aromatic carbocycles. The molecule has 1 heteroatoms. The van der Waals surface area contributed by atoms with Crippen LogP contribution < -0.4 is 0 Å². The third-order valence-corrected chi connectivity index (χ3v) is 3.88. The molecule has 86 valence electrons. The minimum absolute atomic E-state index is 0.0320. The van der Waals surface area contributed by atoms with Crippen LogP contribution in [0.4, 0.5) is 0 Å². The Hall–Kier alpha value is -1.08. The van der Waals surface area contributed by atoms with Crippen molar-refractivity contribution in [3.05, 3.63) is 48.6 Å². The van der Waals surface area contributed by atoms with Gasteiger partial charge >= 0.3 is 0 Å². The van der Waals surface area contributed by atoms with Gasteiger partial charge in [0.1, 0.15) is 0 Å². The molecule has 16 heavy (non-hydrogen) atoms. The molecule has 1 aliphatic carbocycles. The first-order valence-electron chi connectivity index (χ1n) is 6.14. The maximum Gasteiger partial charge on any atom is 0.0639 e. The molecule has 0 saturated heterocycles. The summed E-state index contributed by atoms with van der Waals surface area (Å²) in [7, 11) is 0. The van der Waals surface area contributed by atoms with Gasteiger partial charge in [-0.15, -0.1) is 6.58 Å². The largest absolute Gasteiger partial charge is 0.392 e. The van der Waals surface area contributed by atoms with E-state index >= 15 is 0 Å². The summed E-state index contributed by atoms with van der Waals surface area (Å²) in [6.45, 7) is 3.72. The zero-order chi connectivity index (χ0) is 11.4. The Morgan fingerprint density at radius 1 is 1.31 bits per heavy atom. The molecule has 1 nitrogen and oxygen atoms in total. The van der Waals surface area contributed by atoms with E-state index in [0.29, 0.717) is 0 Å². The number of aliphatic hydroxyl groups is 1. The minimum Gasteiger partial charge on any atom is -0.392 e. The summed E-state index contributed by atoms with van der Waals surface area (Å²) in [6.07, 6.45) is 6.88. The third-order valence-electron chi connectivity index (χ3n) is 3.88. The average Bonchev–Trinajstić information content (AvgIpc) is 2.26. The van der Waals surface area contributed by atoms with Gasteiger partial charge in [-0.2, -0.15) is 0 Å². The normalized spacial score (nSPS) is 19.8. The molecule has 0 amide bonds. The quantitative estimate of drug-likeness (QED) is 0.748. The number of aliphatic hydroxyl groups excluding tert-OH is 1. The maximum absolute atomic E-state index is 10.4. The van der Waals surface area contributed by atoms with Gasteiger partial charge in [-0.3, -0.25) is 0 Å². The van der Waals surface area contributed by atoms with Crippen molar-refractivity contribution in [3.8, 4) is 0 Å². The second kappa shape index (κ2) is 4.84. The number of rotatable bonds is 5. The van der Waals surface area contributed by atoms with Crippen LogP contribution in [0.5, 0.6) is 0 Å². The molecule has 1 atom stereocenters. The lowest BCUT2D eigenvalue weighted by Crippen LogP contribution is -2.45. The fraction of sp³-hybridized carbons (Fsp3) is 0.467. The number of allylic oxidation sites excluding steroid dienone is 1. The predicted octanol–water partition coefficient (Wildman–Crippen LogP) is 3.44. The molecule has 0 bridgehead atoms. The molecule has 1 aromatic rings. The van der Waals surface area contributed by atoms with Crippen molar-refractivity contribution < 1.29 is 5.11 Å². The van der Waals surface area contributed by atoms with Crippen LogP contribution in [0.15, 0.2) is 43.0 Å². The van der Waals surface area contributed by atoms with Crippen molar-refractivity contribution in [1.82, 2.24) is 0 Å². The highest BCUT2D eigenvalue weighted by Crippen LogP contribution is 2.47. The molecule has 0 heterocycles. The molecule has 1 fully saturated rings. The molecule has 1 aliphatic rings. The van der Waals surface area contributed by atoms with E-state index in [2.05, 4.69) is 30.8 Å². The first-order valence-corrected chi connectivity index (χ1v) is 6.14. The van der Waals surface area contributed by atoms with Crippen molar-refractivity contribution in [2.24, 2.45) is 0 Å². The fourth-order valence-corrected chi connectivity index (χ4v) is 2.69. The summed E-state index contributed by atoms with van der Waals surface area (Å²) in [5.41, 5.74) is 1.34. The van der Waals surface area contributed by atoms with Gasteiger partial charge < -0.3 is 5.11 Å². The zero-order valence-electron chi connectivity index (χ0n) is 9.73. The highest BCUT2D eigenvalue weighted by atomic mass is 16.3. The monoisotopic (exact) mass is 216 g/mol. The van der Waals surface area contributed by atoms with E-state index in [1.807, 2.05) is 12.1 Å². The molecule has 0 aromatic heterocycles. The lowest BCUT2D eigenvalue weighted by atomic mass is 9.60. The summed E-state index contributed by atoms with van der Waals surface area (Å²) in [5.74, 6) is 0. The second-order valence-electron chi connectivity index (χ2n) is 4.76. The molecular weight excluding hydrogens is 196 g/mol. The van der Waals surface area contributed by atoms with Crippen molar-refractivity contribution in [2.75, 3.05) is 0 Å². The van der Waals surface area contributed by atoms with Gasteiger partial charge in [-0.05, 0) is 31.2 Å². The second-order valence-corrected chi connectivity index (χ2v) is 4.76. The van der Waals surface area contributed by atoms with Crippen molar-refractivity contribution in [2.45, 2.75) is 43.6 Å². The number of benzene rings is 1. The van der Waals surface area contributed by atoms with Crippen LogP contribution in [0.1, 0.15) is 37.7 Å². The lowest BCUT2D eigenvalue weighted by molar-refractivity contribution is 0.0229. The zero-order valence-corrected chi connectivity index (χ0v) is 9.73. The van der Waals surface area contributed by atoms with E-state index in [0.717, 1.165) is 25.7 Å². The van der Waals surface area contributed by atoms with Crippen LogP contribution in [0.3, 0.4) is 0 Å². The van der Waals surface area contributed by atoms with Gasteiger partial charge in [0.05, 0.1) is 6.10 Å². The summed E-state index contributed by atoms with van der Waals surface area (Å²) in [4.78, 5) is 0. The Labute approximate surface area is 97.8 Å². The highest BCUT2D eigenvalue weighted by molar-refractivity contribution is 5.29. The van der Waals surface area contributed by atoms with Crippen molar-refractivity contribution in [1.29, 1.82) is 0 Å². The van der Waals surface area contributed by atoms with Crippen LogP contribution in [0.2, 0.25) is 0 Å². The molecule has 1 N–H and O–H groups in total. The maximum atomic E-state index is 10.4. The van der Waals surface area contributed by atoms with Crippen LogP contribution in [0, 0.1) is 0 Å². The van der Waals surface area contributed by atoms with Gasteiger partial charge in [-0.1, -0.05) is 42.8 Å². The van der Waals surface area contributed by atoms with E-state index in [-0.39, 0.29) is 11.5 Å². The molecule has 0 aliphatic heterocycles. The smallest absolute Gasteiger partial charge is 0.0639 e. The van der Waals surface area contributed by atoms with E-state index in [1.165, 1.54) is 12.0 Å². The Kier molecular flexibility index (Phi) is 3.45. The Bertz CT molecular complexity index is 338. The van der Waals surface area contributed by atoms with E-state index in [1.54, 1.807) is 0 Å². The van der Waals surface area contributed by atoms with Crippen LogP contribution >= 0.6 is 0 Å². The van der Waals surface area contributed by atoms with Crippen LogP contribution in [-0.4, -0.2) is 11.2 Å². The molecule has 1 saturated carbocycles. The minimum atomic E-state index is -0.221. The SMILES string of the molecule is C=CCCC(O)C1(c2ccccc2)CCC1. The van der Waals surface area contributed by atoms with Gasteiger partial charge in [0.2, 0.25) is 0 Å². The summed E-state index contributed by atoms with van der Waals surface area (Å²) in [6, 6.07) is 10.5. The predicted molar refractivity (Wildman–Crippen MR) is 67.4 cm³/mol. The molecule has 1 unspecified atom stereocenters. The first-order chi connectivity index (χ1) is 7.79.